The summed E-state index contributed by atoms with van der Waals surface area (Å²) < 4.78 is 0. The van der Waals surface area contributed by atoms with Crippen molar-refractivity contribution < 1.29 is 0 Å². The molecule has 1 rings (SSSR count). The molecule has 0 radical (unpaired) electrons. The third-order valence-corrected chi connectivity index (χ3v) is 3.86. The number of aryl methyl sites for hydroxylation is 1. The minimum Gasteiger partial charge on any atom is -0.304 e. The van der Waals surface area contributed by atoms with Crippen LogP contribution in [-0.2, 0) is 0 Å². The standard InChI is InChI=1S/C12H23N3S/c1-4-15(5-2)7-6-12(14-13)11-8-10(3)16-9-11/h8-9,12,14H,4-7,13H2,1-3H3. The summed E-state index contributed by atoms with van der Waals surface area (Å²) in [7, 11) is 0. The third-order valence-electron chi connectivity index (χ3n) is 2.98. The first kappa shape index (κ1) is 13.6. The Kier molecular flexibility index (Phi) is 5.98. The number of nitrogens with one attached hydrogen (secondary N) is 1. The summed E-state index contributed by atoms with van der Waals surface area (Å²) in [5.41, 5.74) is 4.23. The quantitative estimate of drug-likeness (QED) is 0.568. The Hall–Kier alpha value is -0.420. The Morgan fingerprint density at radius 3 is 2.56 bits per heavy atom. The number of hydrazine groups is 1. The Morgan fingerprint density at radius 2 is 2.12 bits per heavy atom. The monoisotopic (exact) mass is 241 g/mol. The van der Waals surface area contributed by atoms with Crippen LogP contribution in [0.4, 0.5) is 0 Å². The maximum Gasteiger partial charge on any atom is 0.0480 e. The molecule has 0 amide bonds. The predicted octanol–water partition coefficient (Wildman–Crippen LogP) is 2.29. The van der Waals surface area contributed by atoms with Crippen LogP contribution in [0.1, 0.15) is 36.8 Å². The molecular weight excluding hydrogens is 218 g/mol. The molecule has 3 N–H and O–H groups in total. The second-order valence-corrected chi connectivity index (χ2v) is 5.14. The number of rotatable bonds is 7. The number of hydrogen-bond acceptors (Lipinski definition) is 4. The topological polar surface area (TPSA) is 41.3 Å². The van der Waals surface area contributed by atoms with Crippen LogP contribution in [0.2, 0.25) is 0 Å². The molecule has 1 heterocycles. The van der Waals surface area contributed by atoms with Crippen LogP contribution in [0.25, 0.3) is 0 Å². The van der Waals surface area contributed by atoms with Crippen LogP contribution < -0.4 is 11.3 Å². The van der Waals surface area contributed by atoms with E-state index < -0.39 is 0 Å². The molecule has 0 saturated heterocycles. The predicted molar refractivity (Wildman–Crippen MR) is 71.5 cm³/mol. The molecule has 16 heavy (non-hydrogen) atoms. The van der Waals surface area contributed by atoms with E-state index in [1.807, 2.05) is 0 Å². The van der Waals surface area contributed by atoms with Gasteiger partial charge in [-0.2, -0.15) is 0 Å². The molecule has 0 bridgehead atoms. The molecule has 1 unspecified atom stereocenters. The van der Waals surface area contributed by atoms with Gasteiger partial charge in [0.05, 0.1) is 0 Å². The lowest BCUT2D eigenvalue weighted by Crippen LogP contribution is -2.32. The summed E-state index contributed by atoms with van der Waals surface area (Å²) in [5, 5.41) is 2.20. The lowest BCUT2D eigenvalue weighted by Gasteiger charge is -2.21. The number of thiophene rings is 1. The van der Waals surface area contributed by atoms with Crippen molar-refractivity contribution in [2.45, 2.75) is 33.2 Å². The zero-order valence-electron chi connectivity index (χ0n) is 10.5. The molecule has 4 heteroatoms. The van der Waals surface area contributed by atoms with Gasteiger partial charge >= 0.3 is 0 Å². The van der Waals surface area contributed by atoms with Gasteiger partial charge in [-0.25, -0.2) is 0 Å². The van der Waals surface area contributed by atoms with Gasteiger partial charge < -0.3 is 4.90 Å². The molecule has 1 aromatic rings. The number of hydrogen-bond donors (Lipinski definition) is 2. The Morgan fingerprint density at radius 1 is 1.44 bits per heavy atom. The van der Waals surface area contributed by atoms with E-state index in [1.54, 1.807) is 11.3 Å². The van der Waals surface area contributed by atoms with E-state index in [-0.39, 0.29) is 6.04 Å². The SMILES string of the molecule is CCN(CC)CCC(NN)c1csc(C)c1. The van der Waals surface area contributed by atoms with Gasteiger partial charge in [0.15, 0.2) is 0 Å². The van der Waals surface area contributed by atoms with Gasteiger partial charge in [-0.1, -0.05) is 13.8 Å². The first-order valence-corrected chi connectivity index (χ1v) is 6.82. The molecule has 1 atom stereocenters. The van der Waals surface area contributed by atoms with Crippen LogP contribution in [0, 0.1) is 6.92 Å². The van der Waals surface area contributed by atoms with Gasteiger partial charge in [0.25, 0.3) is 0 Å². The van der Waals surface area contributed by atoms with E-state index in [9.17, 15) is 0 Å². The molecule has 3 nitrogen and oxygen atoms in total. The Labute approximate surface area is 103 Å². The second-order valence-electron chi connectivity index (χ2n) is 4.03. The maximum absolute atomic E-state index is 5.62. The summed E-state index contributed by atoms with van der Waals surface area (Å²) in [4.78, 5) is 3.77. The van der Waals surface area contributed by atoms with Crippen LogP contribution in [-0.4, -0.2) is 24.5 Å². The maximum atomic E-state index is 5.62. The van der Waals surface area contributed by atoms with Crippen molar-refractivity contribution in [1.29, 1.82) is 0 Å². The lowest BCUT2D eigenvalue weighted by atomic mass is 10.1. The smallest absolute Gasteiger partial charge is 0.0480 e. The molecule has 0 aromatic carbocycles. The van der Waals surface area contributed by atoms with Crippen LogP contribution in [0.3, 0.4) is 0 Å². The minimum absolute atomic E-state index is 0.283. The number of nitrogens with zero attached hydrogens (tertiary/aromatic N) is 1. The van der Waals surface area contributed by atoms with Gasteiger partial charge in [-0.3, -0.25) is 11.3 Å². The van der Waals surface area contributed by atoms with Crippen LogP contribution in [0.5, 0.6) is 0 Å². The van der Waals surface area contributed by atoms with E-state index in [4.69, 9.17) is 5.84 Å². The molecule has 0 aliphatic heterocycles. The molecule has 0 spiro atoms. The molecule has 0 aliphatic rings. The molecule has 0 fully saturated rings. The molecule has 0 aliphatic carbocycles. The van der Waals surface area contributed by atoms with Gasteiger partial charge in [-0.05, 0) is 50.0 Å². The van der Waals surface area contributed by atoms with Gasteiger partial charge in [0.1, 0.15) is 0 Å². The fraction of sp³-hybridized carbons (Fsp3) is 0.667. The fourth-order valence-electron chi connectivity index (χ4n) is 1.84. The van der Waals surface area contributed by atoms with Crippen molar-refractivity contribution in [3.05, 3.63) is 21.9 Å². The zero-order valence-corrected chi connectivity index (χ0v) is 11.3. The second kappa shape index (κ2) is 7.01. The first-order valence-electron chi connectivity index (χ1n) is 5.94. The van der Waals surface area contributed by atoms with Gasteiger partial charge in [0, 0.05) is 10.9 Å². The molecule has 1 aromatic heterocycles. The Balaban J connectivity index is 2.49. The summed E-state index contributed by atoms with van der Waals surface area (Å²) in [6.07, 6.45) is 1.06. The average Bonchev–Trinajstić information content (AvgIpc) is 2.71. The summed E-state index contributed by atoms with van der Waals surface area (Å²) >= 11 is 1.78. The highest BCUT2D eigenvalue weighted by atomic mass is 32.1. The molecule has 0 saturated carbocycles. The molecule has 92 valence electrons. The van der Waals surface area contributed by atoms with Gasteiger partial charge in [0.2, 0.25) is 0 Å². The summed E-state index contributed by atoms with van der Waals surface area (Å²) in [6, 6.07) is 2.50. The van der Waals surface area contributed by atoms with Crippen molar-refractivity contribution in [3.8, 4) is 0 Å². The normalized spacial score (nSPS) is 13.3. The van der Waals surface area contributed by atoms with E-state index in [0.717, 1.165) is 26.1 Å². The highest BCUT2D eigenvalue weighted by molar-refractivity contribution is 7.10. The van der Waals surface area contributed by atoms with Crippen molar-refractivity contribution in [2.24, 2.45) is 5.84 Å². The lowest BCUT2D eigenvalue weighted by molar-refractivity contribution is 0.282. The first-order chi connectivity index (χ1) is 7.71. The highest BCUT2D eigenvalue weighted by Crippen LogP contribution is 2.22. The van der Waals surface area contributed by atoms with Crippen molar-refractivity contribution in [1.82, 2.24) is 10.3 Å². The van der Waals surface area contributed by atoms with E-state index in [2.05, 4.69) is 42.5 Å². The van der Waals surface area contributed by atoms with Crippen molar-refractivity contribution in [3.63, 3.8) is 0 Å². The number of nitrogens with two attached hydrogens (primary N) is 1. The highest BCUT2D eigenvalue weighted by Gasteiger charge is 2.12. The van der Waals surface area contributed by atoms with Crippen molar-refractivity contribution >= 4 is 11.3 Å². The van der Waals surface area contributed by atoms with E-state index >= 15 is 0 Å². The third kappa shape index (κ3) is 3.87. The van der Waals surface area contributed by atoms with E-state index in [1.165, 1.54) is 10.4 Å². The summed E-state index contributed by atoms with van der Waals surface area (Å²) in [5.74, 6) is 5.62. The minimum atomic E-state index is 0.283. The molecular formula is C12H23N3S. The summed E-state index contributed by atoms with van der Waals surface area (Å²) in [6.45, 7) is 9.84. The largest absolute Gasteiger partial charge is 0.304 e. The van der Waals surface area contributed by atoms with Gasteiger partial charge in [-0.15, -0.1) is 11.3 Å². The Bertz CT molecular complexity index is 294. The van der Waals surface area contributed by atoms with Crippen molar-refractivity contribution in [2.75, 3.05) is 19.6 Å². The zero-order chi connectivity index (χ0) is 12.0. The van der Waals surface area contributed by atoms with Crippen LogP contribution in [0.15, 0.2) is 11.4 Å². The average molecular weight is 241 g/mol. The van der Waals surface area contributed by atoms with E-state index in [0.29, 0.717) is 0 Å². The fourth-order valence-corrected chi connectivity index (χ4v) is 2.60. The van der Waals surface area contributed by atoms with Crippen LogP contribution >= 0.6 is 11.3 Å².